The highest BCUT2D eigenvalue weighted by Crippen LogP contribution is 2.27. The second kappa shape index (κ2) is 7.46. The number of hydrogen-bond acceptors (Lipinski definition) is 3. The zero-order chi connectivity index (χ0) is 16.2. The quantitative estimate of drug-likeness (QED) is 0.800. The van der Waals surface area contributed by atoms with Gasteiger partial charge in [0.15, 0.2) is 0 Å². The van der Waals surface area contributed by atoms with E-state index in [0.29, 0.717) is 28.2 Å². The first-order valence-electron chi connectivity index (χ1n) is 6.50. The van der Waals surface area contributed by atoms with Crippen LogP contribution in [-0.2, 0) is 16.4 Å². The van der Waals surface area contributed by atoms with Gasteiger partial charge in [-0.3, -0.25) is 0 Å². The molecule has 2 rings (SSSR count). The number of ether oxygens (including phenoxy) is 1. The van der Waals surface area contributed by atoms with Gasteiger partial charge in [-0.15, -0.1) is 0 Å². The van der Waals surface area contributed by atoms with Gasteiger partial charge < -0.3 is 4.74 Å². The standard InChI is InChI=1S/C15H15BrClNO3S/c1-21-14-7-4-12(16)10-15(14)22(19,20)18-9-8-11-2-5-13(17)6-3-11/h2-7,10,18H,8-9H2,1H3. The van der Waals surface area contributed by atoms with Crippen molar-refractivity contribution in [2.45, 2.75) is 11.3 Å². The number of rotatable bonds is 6. The lowest BCUT2D eigenvalue weighted by molar-refractivity contribution is 0.402. The van der Waals surface area contributed by atoms with Crippen molar-refractivity contribution in [1.29, 1.82) is 0 Å². The molecule has 0 fully saturated rings. The third-order valence-corrected chi connectivity index (χ3v) is 5.26. The summed E-state index contributed by atoms with van der Waals surface area (Å²) in [6, 6.07) is 12.2. The van der Waals surface area contributed by atoms with Crippen molar-refractivity contribution >= 4 is 37.6 Å². The van der Waals surface area contributed by atoms with Crippen LogP contribution in [0.2, 0.25) is 5.02 Å². The van der Waals surface area contributed by atoms with Crippen molar-refractivity contribution < 1.29 is 13.2 Å². The highest BCUT2D eigenvalue weighted by molar-refractivity contribution is 9.10. The summed E-state index contributed by atoms with van der Waals surface area (Å²) in [7, 11) is -2.19. The van der Waals surface area contributed by atoms with Crippen LogP contribution in [0.15, 0.2) is 51.8 Å². The highest BCUT2D eigenvalue weighted by Gasteiger charge is 2.19. The first-order chi connectivity index (χ1) is 10.4. The van der Waals surface area contributed by atoms with E-state index in [0.717, 1.165) is 5.56 Å². The minimum Gasteiger partial charge on any atom is -0.495 e. The van der Waals surface area contributed by atoms with Crippen LogP contribution in [0, 0.1) is 0 Å². The van der Waals surface area contributed by atoms with Gasteiger partial charge in [-0.05, 0) is 42.3 Å². The lowest BCUT2D eigenvalue weighted by atomic mass is 10.2. The van der Waals surface area contributed by atoms with Crippen molar-refractivity contribution in [3.63, 3.8) is 0 Å². The van der Waals surface area contributed by atoms with Gasteiger partial charge in [0.05, 0.1) is 7.11 Å². The van der Waals surface area contributed by atoms with Gasteiger partial charge in [-0.1, -0.05) is 39.7 Å². The third kappa shape index (κ3) is 4.46. The normalized spacial score (nSPS) is 11.4. The first kappa shape index (κ1) is 17.3. The van der Waals surface area contributed by atoms with E-state index in [1.54, 1.807) is 24.3 Å². The summed E-state index contributed by atoms with van der Waals surface area (Å²) in [6.45, 7) is 0.291. The summed E-state index contributed by atoms with van der Waals surface area (Å²) < 4.78 is 33.1. The number of methoxy groups -OCH3 is 1. The fourth-order valence-corrected chi connectivity index (χ4v) is 3.78. The fraction of sp³-hybridized carbons (Fsp3) is 0.200. The molecule has 1 N–H and O–H groups in total. The monoisotopic (exact) mass is 403 g/mol. The number of benzene rings is 2. The Morgan fingerprint density at radius 3 is 2.50 bits per heavy atom. The summed E-state index contributed by atoms with van der Waals surface area (Å²) in [6.07, 6.45) is 0.576. The Kier molecular flexibility index (Phi) is 5.86. The van der Waals surface area contributed by atoms with E-state index in [4.69, 9.17) is 16.3 Å². The van der Waals surface area contributed by atoms with E-state index < -0.39 is 10.0 Å². The van der Waals surface area contributed by atoms with Crippen LogP contribution in [0.5, 0.6) is 5.75 Å². The molecule has 0 radical (unpaired) electrons. The Morgan fingerprint density at radius 2 is 1.86 bits per heavy atom. The van der Waals surface area contributed by atoms with Gasteiger partial charge in [0, 0.05) is 16.0 Å². The summed E-state index contributed by atoms with van der Waals surface area (Å²) in [5.74, 6) is 0.308. The second-order valence-corrected chi connectivity index (χ2v) is 7.66. The Labute approximate surface area is 143 Å². The van der Waals surface area contributed by atoms with Crippen LogP contribution in [0.1, 0.15) is 5.56 Å². The van der Waals surface area contributed by atoms with Crippen molar-refractivity contribution in [2.75, 3.05) is 13.7 Å². The highest BCUT2D eigenvalue weighted by atomic mass is 79.9. The molecule has 0 aromatic heterocycles. The van der Waals surface area contributed by atoms with Crippen molar-refractivity contribution in [3.05, 3.63) is 57.5 Å². The maximum Gasteiger partial charge on any atom is 0.244 e. The van der Waals surface area contributed by atoms with E-state index >= 15 is 0 Å². The van der Waals surface area contributed by atoms with Crippen molar-refractivity contribution in [3.8, 4) is 5.75 Å². The van der Waals surface area contributed by atoms with Crippen LogP contribution >= 0.6 is 27.5 Å². The predicted molar refractivity (Wildman–Crippen MR) is 91.0 cm³/mol. The molecule has 4 nitrogen and oxygen atoms in total. The summed E-state index contributed by atoms with van der Waals surface area (Å²) >= 11 is 9.09. The van der Waals surface area contributed by atoms with Crippen LogP contribution < -0.4 is 9.46 Å². The number of hydrogen-bond donors (Lipinski definition) is 1. The molecule has 0 aliphatic heterocycles. The molecular weight excluding hydrogens is 390 g/mol. The number of halogens is 2. The first-order valence-corrected chi connectivity index (χ1v) is 9.15. The minimum atomic E-state index is -3.63. The molecule has 0 amide bonds. The molecule has 22 heavy (non-hydrogen) atoms. The average Bonchev–Trinajstić information content (AvgIpc) is 2.49. The molecule has 2 aromatic rings. The van der Waals surface area contributed by atoms with Gasteiger partial charge in [0.1, 0.15) is 10.6 Å². The average molecular weight is 405 g/mol. The smallest absolute Gasteiger partial charge is 0.244 e. The van der Waals surface area contributed by atoms with Crippen molar-refractivity contribution in [1.82, 2.24) is 4.72 Å². The lowest BCUT2D eigenvalue weighted by Crippen LogP contribution is -2.26. The van der Waals surface area contributed by atoms with E-state index in [1.807, 2.05) is 12.1 Å². The fourth-order valence-electron chi connectivity index (χ4n) is 1.92. The molecular formula is C15H15BrClNO3S. The lowest BCUT2D eigenvalue weighted by Gasteiger charge is -2.11. The Balaban J connectivity index is 2.08. The van der Waals surface area contributed by atoms with Gasteiger partial charge in [-0.25, -0.2) is 13.1 Å². The Morgan fingerprint density at radius 1 is 1.18 bits per heavy atom. The van der Waals surface area contributed by atoms with Gasteiger partial charge in [-0.2, -0.15) is 0 Å². The number of nitrogens with one attached hydrogen (secondary N) is 1. The van der Waals surface area contributed by atoms with Gasteiger partial charge >= 0.3 is 0 Å². The van der Waals surface area contributed by atoms with E-state index in [9.17, 15) is 8.42 Å². The Bertz CT molecular complexity index is 748. The topological polar surface area (TPSA) is 55.4 Å². The molecule has 0 bridgehead atoms. The number of sulfonamides is 1. The molecule has 0 heterocycles. The minimum absolute atomic E-state index is 0.112. The van der Waals surface area contributed by atoms with Crippen molar-refractivity contribution in [2.24, 2.45) is 0 Å². The van der Waals surface area contributed by atoms with Crippen LogP contribution in [-0.4, -0.2) is 22.1 Å². The summed E-state index contributed by atoms with van der Waals surface area (Å²) in [5, 5.41) is 0.656. The molecule has 7 heteroatoms. The van der Waals surface area contributed by atoms with Crippen LogP contribution in [0.3, 0.4) is 0 Å². The molecule has 0 saturated heterocycles. The summed E-state index contributed by atoms with van der Waals surface area (Å²) in [5.41, 5.74) is 1.01. The van der Waals surface area contributed by atoms with Gasteiger partial charge in [0.25, 0.3) is 0 Å². The molecule has 0 aliphatic carbocycles. The molecule has 0 spiro atoms. The van der Waals surface area contributed by atoms with Crippen LogP contribution in [0.4, 0.5) is 0 Å². The molecule has 0 atom stereocenters. The maximum absolute atomic E-state index is 12.4. The molecule has 0 unspecified atom stereocenters. The summed E-state index contributed by atoms with van der Waals surface area (Å²) in [4.78, 5) is 0.112. The van der Waals surface area contributed by atoms with E-state index in [1.165, 1.54) is 13.2 Å². The predicted octanol–water partition coefficient (Wildman–Crippen LogP) is 3.63. The molecule has 0 saturated carbocycles. The third-order valence-electron chi connectivity index (χ3n) is 3.03. The van der Waals surface area contributed by atoms with E-state index in [-0.39, 0.29) is 4.90 Å². The molecule has 0 aliphatic rings. The van der Waals surface area contributed by atoms with E-state index in [2.05, 4.69) is 20.7 Å². The second-order valence-electron chi connectivity index (χ2n) is 4.57. The largest absolute Gasteiger partial charge is 0.495 e. The zero-order valence-corrected chi connectivity index (χ0v) is 15.0. The maximum atomic E-state index is 12.4. The Hall–Kier alpha value is -1.08. The SMILES string of the molecule is COc1ccc(Br)cc1S(=O)(=O)NCCc1ccc(Cl)cc1. The van der Waals surface area contributed by atoms with Gasteiger partial charge in [0.2, 0.25) is 10.0 Å². The van der Waals surface area contributed by atoms with Crippen LogP contribution in [0.25, 0.3) is 0 Å². The zero-order valence-electron chi connectivity index (χ0n) is 11.8. The molecule has 118 valence electrons. The molecule has 2 aromatic carbocycles.